The molecule has 0 aliphatic rings. The Morgan fingerprint density at radius 3 is 1.98 bits per heavy atom. The first-order chi connectivity index (χ1) is 20.3. The van der Waals surface area contributed by atoms with E-state index < -0.39 is 53.2 Å². The molecule has 0 spiro atoms. The van der Waals surface area contributed by atoms with Gasteiger partial charge in [0.15, 0.2) is 0 Å². The van der Waals surface area contributed by atoms with Crippen LogP contribution in [0.5, 0.6) is 5.75 Å². The zero-order chi connectivity index (χ0) is 33.4. The quantitative estimate of drug-likeness (QED) is 0.297. The predicted molar refractivity (Wildman–Crippen MR) is 169 cm³/mol. The second-order valence-electron chi connectivity index (χ2n) is 13.5. The standard InChI is InChI=1S/C34H49N3O7/c1-21(2)19-25(36-32(42)44-34(7,8)9)30(40)37(10)27(24-18-14-15-22(3)28(24)38)29(39)35-26(31(41)43-33(4,5)6)20-23-16-12-11-13-17-23/h11-18,21,25-27,38H,19-20H2,1-10H3,(H,35,39)(H,36,42). The topological polar surface area (TPSA) is 134 Å². The lowest BCUT2D eigenvalue weighted by Gasteiger charge is -2.33. The van der Waals surface area contributed by atoms with E-state index in [1.54, 1.807) is 66.7 Å². The molecule has 0 fully saturated rings. The zero-order valence-electron chi connectivity index (χ0n) is 27.7. The third-order valence-corrected chi connectivity index (χ3v) is 6.53. The molecule has 3 atom stereocenters. The second-order valence-corrected chi connectivity index (χ2v) is 13.5. The fourth-order valence-corrected chi connectivity index (χ4v) is 4.61. The van der Waals surface area contributed by atoms with Crippen LogP contribution < -0.4 is 10.6 Å². The lowest BCUT2D eigenvalue weighted by molar-refractivity contribution is -0.159. The Bertz CT molecular complexity index is 1300. The maximum Gasteiger partial charge on any atom is 0.408 e. The molecule has 2 aromatic rings. The van der Waals surface area contributed by atoms with E-state index in [1.807, 2.05) is 44.2 Å². The summed E-state index contributed by atoms with van der Waals surface area (Å²) >= 11 is 0. The van der Waals surface area contributed by atoms with Crippen LogP contribution in [0.25, 0.3) is 0 Å². The van der Waals surface area contributed by atoms with E-state index in [1.165, 1.54) is 11.9 Å². The summed E-state index contributed by atoms with van der Waals surface area (Å²) in [5.74, 6) is -2.06. The Labute approximate surface area is 261 Å². The third kappa shape index (κ3) is 11.2. The van der Waals surface area contributed by atoms with Crippen LogP contribution in [-0.4, -0.2) is 64.2 Å². The van der Waals surface area contributed by atoms with Crippen molar-refractivity contribution in [3.05, 3.63) is 65.2 Å². The van der Waals surface area contributed by atoms with Crippen LogP contribution >= 0.6 is 0 Å². The van der Waals surface area contributed by atoms with E-state index in [0.717, 1.165) is 5.56 Å². The molecule has 10 nitrogen and oxygen atoms in total. The van der Waals surface area contributed by atoms with Gasteiger partial charge in [0.25, 0.3) is 0 Å². The number of phenolic OH excluding ortho intramolecular Hbond substituents is 1. The average molecular weight is 612 g/mol. The minimum Gasteiger partial charge on any atom is -0.507 e. The van der Waals surface area contributed by atoms with Gasteiger partial charge in [-0.2, -0.15) is 0 Å². The average Bonchev–Trinajstić information content (AvgIpc) is 2.88. The van der Waals surface area contributed by atoms with E-state index in [2.05, 4.69) is 10.6 Å². The number of amides is 3. The molecule has 10 heteroatoms. The molecule has 0 saturated carbocycles. The first kappa shape index (κ1) is 36.1. The summed E-state index contributed by atoms with van der Waals surface area (Å²) in [4.78, 5) is 55.3. The lowest BCUT2D eigenvalue weighted by atomic mass is 9.97. The van der Waals surface area contributed by atoms with Crippen molar-refractivity contribution in [1.82, 2.24) is 15.5 Å². The van der Waals surface area contributed by atoms with Gasteiger partial charge in [-0.05, 0) is 71.9 Å². The summed E-state index contributed by atoms with van der Waals surface area (Å²) in [7, 11) is 1.43. The minimum absolute atomic E-state index is 0.00866. The highest BCUT2D eigenvalue weighted by Gasteiger charge is 2.38. The van der Waals surface area contributed by atoms with Gasteiger partial charge >= 0.3 is 12.1 Å². The van der Waals surface area contributed by atoms with Crippen molar-refractivity contribution in [3.63, 3.8) is 0 Å². The highest BCUT2D eigenvalue weighted by molar-refractivity contribution is 5.94. The molecule has 2 rings (SSSR count). The highest BCUT2D eigenvalue weighted by Crippen LogP contribution is 2.32. The molecule has 0 aromatic heterocycles. The summed E-state index contributed by atoms with van der Waals surface area (Å²) in [6, 6.07) is 10.6. The molecule has 0 aliphatic carbocycles. The fraction of sp³-hybridized carbons (Fsp3) is 0.529. The van der Waals surface area contributed by atoms with Crippen molar-refractivity contribution in [1.29, 1.82) is 0 Å². The Kier molecular flexibility index (Phi) is 12.4. The number of aryl methyl sites for hydroxylation is 1. The van der Waals surface area contributed by atoms with Crippen molar-refractivity contribution in [2.75, 3.05) is 7.05 Å². The number of carbonyl (C=O) groups is 4. The van der Waals surface area contributed by atoms with E-state index in [-0.39, 0.29) is 30.1 Å². The van der Waals surface area contributed by atoms with Crippen LogP contribution in [0, 0.1) is 12.8 Å². The molecule has 0 aliphatic heterocycles. The molecule has 3 amide bonds. The Balaban J connectivity index is 2.53. The van der Waals surface area contributed by atoms with Crippen molar-refractivity contribution < 1.29 is 33.8 Å². The van der Waals surface area contributed by atoms with Gasteiger partial charge in [0, 0.05) is 19.0 Å². The maximum atomic E-state index is 14.1. The number of nitrogens with one attached hydrogen (secondary N) is 2. The van der Waals surface area contributed by atoms with Gasteiger partial charge in [-0.1, -0.05) is 62.4 Å². The molecule has 0 heterocycles. The number of carbonyl (C=O) groups excluding carboxylic acids is 4. The zero-order valence-corrected chi connectivity index (χ0v) is 27.7. The van der Waals surface area contributed by atoms with Gasteiger partial charge in [-0.3, -0.25) is 9.59 Å². The van der Waals surface area contributed by atoms with Gasteiger partial charge in [-0.15, -0.1) is 0 Å². The molecule has 242 valence electrons. The van der Waals surface area contributed by atoms with Gasteiger partial charge in [-0.25, -0.2) is 9.59 Å². The number of likely N-dealkylation sites (N-methyl/N-ethyl adjacent to an activating group) is 1. The third-order valence-electron chi connectivity index (χ3n) is 6.53. The van der Waals surface area contributed by atoms with Crippen molar-refractivity contribution >= 4 is 23.9 Å². The van der Waals surface area contributed by atoms with Crippen LogP contribution in [0.1, 0.15) is 84.5 Å². The molecule has 44 heavy (non-hydrogen) atoms. The smallest absolute Gasteiger partial charge is 0.408 e. The summed E-state index contributed by atoms with van der Waals surface area (Å²) in [6.45, 7) is 15.8. The van der Waals surface area contributed by atoms with E-state index in [0.29, 0.717) is 5.56 Å². The van der Waals surface area contributed by atoms with Gasteiger partial charge in [0.2, 0.25) is 11.8 Å². The predicted octanol–water partition coefficient (Wildman–Crippen LogP) is 5.21. The van der Waals surface area contributed by atoms with Crippen LogP contribution in [-0.2, 0) is 30.3 Å². The molecule has 2 aromatic carbocycles. The van der Waals surface area contributed by atoms with Crippen LogP contribution in [0.3, 0.4) is 0 Å². The Hall–Kier alpha value is -4.08. The first-order valence-electron chi connectivity index (χ1n) is 14.9. The Morgan fingerprint density at radius 1 is 0.841 bits per heavy atom. The molecule has 3 N–H and O–H groups in total. The van der Waals surface area contributed by atoms with Crippen LogP contribution in [0.2, 0.25) is 0 Å². The number of para-hydroxylation sites is 1. The van der Waals surface area contributed by atoms with Crippen molar-refractivity contribution in [2.45, 2.75) is 104 Å². The maximum absolute atomic E-state index is 14.1. The number of esters is 1. The highest BCUT2D eigenvalue weighted by atomic mass is 16.6. The number of alkyl carbamates (subject to hydrolysis) is 1. The minimum atomic E-state index is -1.35. The summed E-state index contributed by atoms with van der Waals surface area (Å²) < 4.78 is 11.0. The van der Waals surface area contributed by atoms with E-state index >= 15 is 0 Å². The molecule has 0 bridgehead atoms. The van der Waals surface area contributed by atoms with E-state index in [9.17, 15) is 24.3 Å². The number of hydrogen-bond acceptors (Lipinski definition) is 7. The van der Waals surface area contributed by atoms with Gasteiger partial charge in [0.1, 0.15) is 35.1 Å². The van der Waals surface area contributed by atoms with Crippen molar-refractivity contribution in [2.24, 2.45) is 5.92 Å². The lowest BCUT2D eigenvalue weighted by Crippen LogP contribution is -2.54. The van der Waals surface area contributed by atoms with Crippen molar-refractivity contribution in [3.8, 4) is 5.75 Å². The summed E-state index contributed by atoms with van der Waals surface area (Å²) in [6.07, 6.45) is -0.357. The Morgan fingerprint density at radius 2 is 1.43 bits per heavy atom. The van der Waals surface area contributed by atoms with Crippen LogP contribution in [0.4, 0.5) is 4.79 Å². The molecular weight excluding hydrogens is 562 g/mol. The molecular formula is C34H49N3O7. The molecule has 0 saturated heterocycles. The molecule has 0 radical (unpaired) electrons. The van der Waals surface area contributed by atoms with Crippen LogP contribution in [0.15, 0.2) is 48.5 Å². The summed E-state index contributed by atoms with van der Waals surface area (Å²) in [5, 5.41) is 16.5. The number of nitrogens with zero attached hydrogens (tertiary/aromatic N) is 1. The number of ether oxygens (including phenoxy) is 2. The van der Waals surface area contributed by atoms with E-state index in [4.69, 9.17) is 9.47 Å². The monoisotopic (exact) mass is 611 g/mol. The second kappa shape index (κ2) is 15.1. The number of benzene rings is 2. The SMILES string of the molecule is Cc1cccc(C(C(=O)NC(Cc2ccccc2)C(=O)OC(C)(C)C)N(C)C(=O)C(CC(C)C)NC(=O)OC(C)(C)C)c1O. The largest absolute Gasteiger partial charge is 0.507 e. The van der Waals surface area contributed by atoms with Gasteiger partial charge in [0.05, 0.1) is 0 Å². The number of rotatable bonds is 11. The molecule has 3 unspecified atom stereocenters. The summed E-state index contributed by atoms with van der Waals surface area (Å²) in [5.41, 5.74) is -0.134. The number of hydrogen-bond donors (Lipinski definition) is 3. The number of phenols is 1. The first-order valence-corrected chi connectivity index (χ1v) is 14.9. The fourth-order valence-electron chi connectivity index (χ4n) is 4.61. The number of aromatic hydroxyl groups is 1. The normalized spacial score (nSPS) is 13.8. The van der Waals surface area contributed by atoms with Gasteiger partial charge < -0.3 is 30.1 Å².